The molecule has 2 amide bonds. The van der Waals surface area contributed by atoms with Crippen LogP contribution in [0.25, 0.3) is 5.69 Å². The molecule has 1 aromatic heterocycles. The molecule has 0 bridgehead atoms. The van der Waals surface area contributed by atoms with Crippen LogP contribution >= 0.6 is 0 Å². The van der Waals surface area contributed by atoms with Gasteiger partial charge in [0.25, 0.3) is 11.8 Å². The largest absolute Gasteiger partial charge is 0.497 e. The molecular formula is C30H40N6O5. The number of hydrogen-bond acceptors (Lipinski definition) is 8. The molecule has 220 valence electrons. The second kappa shape index (κ2) is 13.5. The van der Waals surface area contributed by atoms with Crippen LogP contribution in [0.1, 0.15) is 59.7 Å². The predicted octanol–water partition coefficient (Wildman–Crippen LogP) is 4.19. The number of piperazine rings is 1. The lowest BCUT2D eigenvalue weighted by Gasteiger charge is -2.32. The highest BCUT2D eigenvalue weighted by Crippen LogP contribution is 2.31. The van der Waals surface area contributed by atoms with Gasteiger partial charge in [0.15, 0.2) is 5.69 Å². The van der Waals surface area contributed by atoms with E-state index in [2.05, 4.69) is 34.4 Å². The number of aromatic nitrogens is 3. The molecule has 0 aliphatic carbocycles. The number of hydrogen-bond donors (Lipinski definition) is 1. The number of ether oxygens (including phenoxy) is 3. The summed E-state index contributed by atoms with van der Waals surface area (Å²) in [6.45, 7) is 8.87. The van der Waals surface area contributed by atoms with Crippen LogP contribution in [0, 0.1) is 6.92 Å². The summed E-state index contributed by atoms with van der Waals surface area (Å²) in [5.41, 5.74) is 2.14. The minimum atomic E-state index is -0.465. The SMILES string of the molecule is CCC[C@H](CC)Oc1ccc(C(=O)N2CCN(C)CC2)cc1NC(=O)c1nnn(-c2cc(OC)ccc2OC)c1C. The number of amides is 2. The van der Waals surface area contributed by atoms with Gasteiger partial charge in [0.2, 0.25) is 0 Å². The zero-order valence-corrected chi connectivity index (χ0v) is 24.8. The van der Waals surface area contributed by atoms with Crippen molar-refractivity contribution in [1.29, 1.82) is 0 Å². The lowest BCUT2D eigenvalue weighted by atomic mass is 10.1. The van der Waals surface area contributed by atoms with Crippen molar-refractivity contribution in [3.05, 3.63) is 53.3 Å². The highest BCUT2D eigenvalue weighted by atomic mass is 16.5. The van der Waals surface area contributed by atoms with E-state index >= 15 is 0 Å². The van der Waals surface area contributed by atoms with Crippen LogP contribution in [0.15, 0.2) is 36.4 Å². The maximum atomic E-state index is 13.6. The molecule has 11 heteroatoms. The van der Waals surface area contributed by atoms with Gasteiger partial charge < -0.3 is 29.3 Å². The Hall–Kier alpha value is -4.12. The van der Waals surface area contributed by atoms with Gasteiger partial charge in [0.1, 0.15) is 22.9 Å². The maximum Gasteiger partial charge on any atom is 0.278 e. The number of carbonyl (C=O) groups excluding carboxylic acids is 2. The van der Waals surface area contributed by atoms with E-state index in [4.69, 9.17) is 14.2 Å². The van der Waals surface area contributed by atoms with Crippen LogP contribution in [0.4, 0.5) is 5.69 Å². The first-order chi connectivity index (χ1) is 19.8. The number of rotatable bonds is 11. The minimum absolute atomic E-state index is 0.0158. The third-order valence-corrected chi connectivity index (χ3v) is 7.35. The van der Waals surface area contributed by atoms with Gasteiger partial charge in [-0.2, -0.15) is 0 Å². The van der Waals surface area contributed by atoms with Gasteiger partial charge >= 0.3 is 0 Å². The number of methoxy groups -OCH3 is 2. The zero-order chi connectivity index (χ0) is 29.5. The molecule has 2 aromatic carbocycles. The van der Waals surface area contributed by atoms with Crippen LogP contribution in [0.3, 0.4) is 0 Å². The van der Waals surface area contributed by atoms with E-state index in [1.807, 2.05) is 11.9 Å². The fourth-order valence-corrected chi connectivity index (χ4v) is 4.82. The molecule has 0 radical (unpaired) electrons. The Bertz CT molecular complexity index is 1370. The average Bonchev–Trinajstić information content (AvgIpc) is 3.38. The number of anilines is 1. The summed E-state index contributed by atoms with van der Waals surface area (Å²) < 4.78 is 18.7. The lowest BCUT2D eigenvalue weighted by Crippen LogP contribution is -2.47. The fourth-order valence-electron chi connectivity index (χ4n) is 4.82. The molecule has 41 heavy (non-hydrogen) atoms. The van der Waals surface area contributed by atoms with E-state index in [-0.39, 0.29) is 17.7 Å². The molecule has 1 fully saturated rings. The number of carbonyl (C=O) groups is 2. The van der Waals surface area contributed by atoms with Crippen molar-refractivity contribution < 1.29 is 23.8 Å². The smallest absolute Gasteiger partial charge is 0.278 e. The van der Waals surface area contributed by atoms with Crippen molar-refractivity contribution in [2.75, 3.05) is 52.8 Å². The molecule has 0 saturated carbocycles. The molecule has 3 aromatic rings. The number of likely N-dealkylation sites (N-methyl/N-ethyl adjacent to an activating group) is 1. The van der Waals surface area contributed by atoms with E-state index in [0.29, 0.717) is 53.0 Å². The fraction of sp³-hybridized carbons (Fsp3) is 0.467. The Kier molecular flexibility index (Phi) is 9.82. The molecule has 1 N–H and O–H groups in total. The van der Waals surface area contributed by atoms with Crippen molar-refractivity contribution in [2.45, 2.75) is 46.1 Å². The van der Waals surface area contributed by atoms with Crippen molar-refractivity contribution in [2.24, 2.45) is 0 Å². The van der Waals surface area contributed by atoms with Gasteiger partial charge in [0.05, 0.1) is 31.7 Å². The summed E-state index contributed by atoms with van der Waals surface area (Å²) in [6.07, 6.45) is 2.65. The van der Waals surface area contributed by atoms with Crippen LogP contribution in [-0.4, -0.2) is 90.2 Å². The molecule has 1 atom stereocenters. The lowest BCUT2D eigenvalue weighted by molar-refractivity contribution is 0.0664. The molecular weight excluding hydrogens is 524 g/mol. The Balaban J connectivity index is 1.65. The Morgan fingerprint density at radius 1 is 1.00 bits per heavy atom. The molecule has 1 saturated heterocycles. The first kappa shape index (κ1) is 29.9. The second-order valence-electron chi connectivity index (χ2n) is 10.2. The number of nitrogens with zero attached hydrogens (tertiary/aromatic N) is 5. The van der Waals surface area contributed by atoms with E-state index in [0.717, 1.165) is 32.4 Å². The monoisotopic (exact) mass is 564 g/mol. The summed E-state index contributed by atoms with van der Waals surface area (Å²) in [6, 6.07) is 10.5. The third-order valence-electron chi connectivity index (χ3n) is 7.35. The Morgan fingerprint density at radius 3 is 2.39 bits per heavy atom. The van der Waals surface area contributed by atoms with E-state index in [1.165, 1.54) is 4.68 Å². The molecule has 0 unspecified atom stereocenters. The summed E-state index contributed by atoms with van der Waals surface area (Å²) >= 11 is 0. The van der Waals surface area contributed by atoms with Gasteiger partial charge in [-0.1, -0.05) is 25.5 Å². The van der Waals surface area contributed by atoms with Crippen LogP contribution < -0.4 is 19.5 Å². The maximum absolute atomic E-state index is 13.6. The molecule has 11 nitrogen and oxygen atoms in total. The van der Waals surface area contributed by atoms with Crippen molar-refractivity contribution in [3.63, 3.8) is 0 Å². The van der Waals surface area contributed by atoms with Crippen LogP contribution in [0.2, 0.25) is 0 Å². The Labute approximate surface area is 241 Å². The molecule has 1 aliphatic rings. The van der Waals surface area contributed by atoms with E-state index < -0.39 is 5.91 Å². The first-order valence-electron chi connectivity index (χ1n) is 14.0. The molecule has 2 heterocycles. The zero-order valence-electron chi connectivity index (χ0n) is 24.8. The van der Waals surface area contributed by atoms with E-state index in [1.54, 1.807) is 57.5 Å². The second-order valence-corrected chi connectivity index (χ2v) is 10.2. The molecule has 0 spiro atoms. The van der Waals surface area contributed by atoms with Crippen molar-refractivity contribution in [3.8, 4) is 22.9 Å². The van der Waals surface area contributed by atoms with Gasteiger partial charge in [-0.05, 0) is 57.1 Å². The van der Waals surface area contributed by atoms with Crippen LogP contribution in [-0.2, 0) is 0 Å². The topological polar surface area (TPSA) is 111 Å². The van der Waals surface area contributed by atoms with Crippen molar-refractivity contribution in [1.82, 2.24) is 24.8 Å². The van der Waals surface area contributed by atoms with E-state index in [9.17, 15) is 9.59 Å². The summed E-state index contributed by atoms with van der Waals surface area (Å²) in [4.78, 5) is 30.9. The minimum Gasteiger partial charge on any atom is -0.497 e. The van der Waals surface area contributed by atoms with Gasteiger partial charge in [-0.15, -0.1) is 5.10 Å². The number of benzene rings is 2. The molecule has 1 aliphatic heterocycles. The first-order valence-corrected chi connectivity index (χ1v) is 14.0. The van der Waals surface area contributed by atoms with Gasteiger partial charge in [-0.25, -0.2) is 4.68 Å². The molecule has 4 rings (SSSR count). The van der Waals surface area contributed by atoms with Gasteiger partial charge in [0, 0.05) is 37.8 Å². The number of nitrogens with one attached hydrogen (secondary N) is 1. The van der Waals surface area contributed by atoms with Gasteiger partial charge in [-0.3, -0.25) is 9.59 Å². The highest BCUT2D eigenvalue weighted by Gasteiger charge is 2.25. The standard InChI is InChI=1S/C30H40N6O5/c1-7-9-22(8-2)41-26-12-10-21(30(38)35-16-14-34(4)15-17-35)18-24(26)31-29(37)28-20(3)36(33-32-28)25-19-23(39-5)11-13-27(25)40-6/h10-13,18-19,22H,7-9,14-17H2,1-6H3,(H,31,37)/t22-/m0/s1. The quantitative estimate of drug-likeness (QED) is 0.369. The van der Waals surface area contributed by atoms with Crippen LogP contribution in [0.5, 0.6) is 17.2 Å². The summed E-state index contributed by atoms with van der Waals surface area (Å²) in [5, 5.41) is 11.4. The Morgan fingerprint density at radius 2 is 1.73 bits per heavy atom. The average molecular weight is 565 g/mol. The summed E-state index contributed by atoms with van der Waals surface area (Å²) in [7, 11) is 5.18. The third kappa shape index (κ3) is 6.79. The summed E-state index contributed by atoms with van der Waals surface area (Å²) in [5.74, 6) is 1.13. The predicted molar refractivity (Wildman–Crippen MR) is 157 cm³/mol. The van der Waals surface area contributed by atoms with Crippen molar-refractivity contribution >= 4 is 17.5 Å². The highest BCUT2D eigenvalue weighted by molar-refractivity contribution is 6.05. The normalized spacial score (nSPS) is 14.4.